The molecule has 10 heteroatoms. The molecule has 0 radical (unpaired) electrons. The van der Waals surface area contributed by atoms with Crippen molar-refractivity contribution in [1.82, 2.24) is 14.8 Å². The standard InChI is InChI=1S/C24H33N3O6S/c1-17(2)33-21-6-4-19(5-7-21)23(24(28)26-29)27(16-18-12-14-25-15-13-18)34(30,31)22-10-8-20(32-3)9-11-22/h8-15,17,19,21,23,29H,4-7,16H2,1-3H3,(H,26,28). The number of pyridine rings is 1. The van der Waals surface area contributed by atoms with Gasteiger partial charge in [0.2, 0.25) is 10.0 Å². The number of methoxy groups -OCH3 is 1. The molecule has 1 saturated carbocycles. The van der Waals surface area contributed by atoms with Gasteiger partial charge in [0, 0.05) is 18.9 Å². The number of amides is 1. The van der Waals surface area contributed by atoms with E-state index in [9.17, 15) is 18.4 Å². The van der Waals surface area contributed by atoms with E-state index in [1.807, 2.05) is 13.8 Å². The predicted octanol–water partition coefficient (Wildman–Crippen LogP) is 3.14. The summed E-state index contributed by atoms with van der Waals surface area (Å²) in [5.41, 5.74) is 2.39. The quantitative estimate of drug-likeness (QED) is 0.387. The lowest BCUT2D eigenvalue weighted by molar-refractivity contribution is -0.136. The van der Waals surface area contributed by atoms with Gasteiger partial charge in [0.1, 0.15) is 11.8 Å². The molecule has 1 aliphatic rings. The molecule has 1 amide bonds. The first kappa shape index (κ1) is 26.1. The van der Waals surface area contributed by atoms with Gasteiger partial charge >= 0.3 is 0 Å². The molecule has 0 spiro atoms. The van der Waals surface area contributed by atoms with Crippen molar-refractivity contribution in [2.75, 3.05) is 7.11 Å². The number of nitrogens with one attached hydrogen (secondary N) is 1. The number of sulfonamides is 1. The largest absolute Gasteiger partial charge is 0.497 e. The van der Waals surface area contributed by atoms with E-state index in [1.54, 1.807) is 42.1 Å². The molecule has 0 aliphatic heterocycles. The fraction of sp³-hybridized carbons (Fsp3) is 0.500. The monoisotopic (exact) mass is 491 g/mol. The molecular formula is C24H33N3O6S. The van der Waals surface area contributed by atoms with Crippen LogP contribution >= 0.6 is 0 Å². The second kappa shape index (κ2) is 11.7. The van der Waals surface area contributed by atoms with Gasteiger partial charge in [-0.3, -0.25) is 15.0 Å². The average molecular weight is 492 g/mol. The summed E-state index contributed by atoms with van der Waals surface area (Å²) < 4.78 is 39.9. The summed E-state index contributed by atoms with van der Waals surface area (Å²) in [4.78, 5) is 17.0. The van der Waals surface area contributed by atoms with E-state index in [-0.39, 0.29) is 29.6 Å². The van der Waals surface area contributed by atoms with Gasteiger partial charge in [-0.15, -0.1) is 0 Å². The Bertz CT molecular complexity index is 1020. The number of hydrogen-bond acceptors (Lipinski definition) is 7. The van der Waals surface area contributed by atoms with Crippen LogP contribution in [0.3, 0.4) is 0 Å². The molecule has 0 bridgehead atoms. The van der Waals surface area contributed by atoms with Crippen LogP contribution in [-0.2, 0) is 26.1 Å². The molecule has 1 aromatic heterocycles. The third kappa shape index (κ3) is 6.32. The van der Waals surface area contributed by atoms with Crippen molar-refractivity contribution < 1.29 is 27.9 Å². The zero-order valence-electron chi connectivity index (χ0n) is 19.8. The van der Waals surface area contributed by atoms with E-state index in [0.29, 0.717) is 37.0 Å². The van der Waals surface area contributed by atoms with E-state index < -0.39 is 22.0 Å². The molecule has 3 rings (SSSR count). The molecule has 2 aromatic rings. The first-order valence-electron chi connectivity index (χ1n) is 11.4. The Labute approximate surface area is 201 Å². The fourth-order valence-electron chi connectivity index (χ4n) is 4.46. The third-order valence-electron chi connectivity index (χ3n) is 6.07. The lowest BCUT2D eigenvalue weighted by Gasteiger charge is -2.38. The molecule has 1 fully saturated rings. The molecule has 1 heterocycles. The number of carbonyl (C=O) groups excluding carboxylic acids is 1. The minimum absolute atomic E-state index is 0.0370. The van der Waals surface area contributed by atoms with Crippen LogP contribution in [0.4, 0.5) is 0 Å². The minimum Gasteiger partial charge on any atom is -0.497 e. The topological polar surface area (TPSA) is 118 Å². The van der Waals surface area contributed by atoms with Gasteiger partial charge in [0.05, 0.1) is 24.2 Å². The van der Waals surface area contributed by atoms with Crippen molar-refractivity contribution in [3.63, 3.8) is 0 Å². The Hall–Kier alpha value is -2.53. The zero-order valence-corrected chi connectivity index (χ0v) is 20.6. The van der Waals surface area contributed by atoms with Crippen LogP contribution in [-0.4, -0.2) is 54.2 Å². The summed E-state index contributed by atoms with van der Waals surface area (Å²) in [6, 6.07) is 8.35. The second-order valence-electron chi connectivity index (χ2n) is 8.72. The summed E-state index contributed by atoms with van der Waals surface area (Å²) in [6.45, 7) is 3.91. The van der Waals surface area contributed by atoms with E-state index in [1.165, 1.54) is 23.5 Å². The Morgan fingerprint density at radius 2 is 1.74 bits per heavy atom. The summed E-state index contributed by atoms with van der Waals surface area (Å²) >= 11 is 0. The average Bonchev–Trinajstić information content (AvgIpc) is 2.84. The predicted molar refractivity (Wildman–Crippen MR) is 126 cm³/mol. The fourth-order valence-corrected chi connectivity index (χ4v) is 6.09. The molecule has 34 heavy (non-hydrogen) atoms. The lowest BCUT2D eigenvalue weighted by atomic mass is 9.82. The Morgan fingerprint density at radius 1 is 1.12 bits per heavy atom. The van der Waals surface area contributed by atoms with E-state index in [4.69, 9.17) is 9.47 Å². The van der Waals surface area contributed by atoms with Crippen LogP contribution in [0.15, 0.2) is 53.7 Å². The maximum atomic E-state index is 13.8. The molecule has 1 atom stereocenters. The third-order valence-corrected chi connectivity index (χ3v) is 7.91. The number of hydroxylamine groups is 1. The molecule has 2 N–H and O–H groups in total. The van der Waals surface area contributed by atoms with Crippen LogP contribution < -0.4 is 10.2 Å². The summed E-state index contributed by atoms with van der Waals surface area (Å²) in [5, 5.41) is 9.55. The van der Waals surface area contributed by atoms with E-state index in [2.05, 4.69) is 4.98 Å². The zero-order chi connectivity index (χ0) is 24.7. The molecule has 0 saturated heterocycles. The highest BCUT2D eigenvalue weighted by Gasteiger charge is 2.42. The Balaban J connectivity index is 1.98. The van der Waals surface area contributed by atoms with E-state index in [0.717, 1.165) is 0 Å². The SMILES string of the molecule is COc1ccc(S(=O)(=O)N(Cc2ccncc2)C(C(=O)NO)C2CCC(OC(C)C)CC2)cc1. The van der Waals surface area contributed by atoms with Crippen LogP contribution in [0.2, 0.25) is 0 Å². The van der Waals surface area contributed by atoms with Gasteiger partial charge in [0.25, 0.3) is 5.91 Å². The van der Waals surface area contributed by atoms with Crippen LogP contribution in [0, 0.1) is 5.92 Å². The minimum atomic E-state index is -4.11. The number of rotatable bonds is 10. The lowest BCUT2D eigenvalue weighted by Crippen LogP contribution is -2.53. The summed E-state index contributed by atoms with van der Waals surface area (Å²) in [6.07, 6.45) is 5.93. The maximum Gasteiger partial charge on any atom is 0.262 e. The molecular weight excluding hydrogens is 458 g/mol. The highest BCUT2D eigenvalue weighted by atomic mass is 32.2. The molecule has 9 nitrogen and oxygen atoms in total. The normalized spacial score (nSPS) is 19.7. The van der Waals surface area contributed by atoms with Gasteiger partial charge in [-0.05, 0) is 87.4 Å². The highest BCUT2D eigenvalue weighted by molar-refractivity contribution is 7.89. The van der Waals surface area contributed by atoms with Crippen molar-refractivity contribution in [2.45, 2.75) is 69.2 Å². The van der Waals surface area contributed by atoms with Gasteiger partial charge in [0.15, 0.2) is 0 Å². The smallest absolute Gasteiger partial charge is 0.262 e. The number of nitrogens with zero attached hydrogens (tertiary/aromatic N) is 2. The van der Waals surface area contributed by atoms with Gasteiger partial charge in [-0.25, -0.2) is 13.9 Å². The molecule has 1 aromatic carbocycles. The molecule has 1 aliphatic carbocycles. The van der Waals surface area contributed by atoms with Crippen molar-refractivity contribution in [3.8, 4) is 5.75 Å². The van der Waals surface area contributed by atoms with Crippen molar-refractivity contribution >= 4 is 15.9 Å². The van der Waals surface area contributed by atoms with Gasteiger partial charge in [-0.2, -0.15) is 4.31 Å². The first-order valence-corrected chi connectivity index (χ1v) is 12.8. The van der Waals surface area contributed by atoms with Crippen molar-refractivity contribution in [1.29, 1.82) is 0 Å². The number of aromatic nitrogens is 1. The van der Waals surface area contributed by atoms with Crippen molar-refractivity contribution in [2.24, 2.45) is 5.92 Å². The van der Waals surface area contributed by atoms with Gasteiger partial charge in [-0.1, -0.05) is 0 Å². The number of ether oxygens (including phenoxy) is 2. The first-order chi connectivity index (χ1) is 16.3. The van der Waals surface area contributed by atoms with E-state index >= 15 is 0 Å². The number of carbonyl (C=O) groups is 1. The maximum absolute atomic E-state index is 13.8. The summed E-state index contributed by atoms with van der Waals surface area (Å²) in [5.74, 6) is -0.513. The van der Waals surface area contributed by atoms with Crippen LogP contribution in [0.1, 0.15) is 45.1 Å². The Kier molecular flexibility index (Phi) is 9.01. The molecule has 186 valence electrons. The van der Waals surface area contributed by atoms with Gasteiger partial charge < -0.3 is 9.47 Å². The van der Waals surface area contributed by atoms with Crippen LogP contribution in [0.25, 0.3) is 0 Å². The summed E-state index contributed by atoms with van der Waals surface area (Å²) in [7, 11) is -2.61. The Morgan fingerprint density at radius 3 is 2.26 bits per heavy atom. The molecule has 1 unspecified atom stereocenters. The van der Waals surface area contributed by atoms with Crippen molar-refractivity contribution in [3.05, 3.63) is 54.4 Å². The second-order valence-corrected chi connectivity index (χ2v) is 10.6. The highest BCUT2D eigenvalue weighted by Crippen LogP contribution is 2.35. The number of benzene rings is 1. The number of hydrogen-bond donors (Lipinski definition) is 2. The van der Waals surface area contributed by atoms with Crippen LogP contribution in [0.5, 0.6) is 5.75 Å².